The molecule has 0 spiro atoms. The Morgan fingerprint density at radius 3 is 2.36 bits per heavy atom. The Morgan fingerprint density at radius 1 is 1.36 bits per heavy atom. The summed E-state index contributed by atoms with van der Waals surface area (Å²) in [6, 6.07) is 0. The Balaban J connectivity index is 2.29. The van der Waals surface area contributed by atoms with E-state index in [2.05, 4.69) is 5.32 Å². The lowest BCUT2D eigenvalue weighted by atomic mass is 10.0. The molecule has 0 aromatic carbocycles. The lowest BCUT2D eigenvalue weighted by molar-refractivity contribution is -0.147. The zero-order chi connectivity index (χ0) is 10.6. The maximum atomic E-state index is 12.1. The molecule has 1 aliphatic heterocycles. The maximum absolute atomic E-state index is 12.1. The van der Waals surface area contributed by atoms with Crippen LogP contribution in [0.4, 0.5) is 13.2 Å². The van der Waals surface area contributed by atoms with Crippen LogP contribution in [-0.2, 0) is 0 Å². The molecule has 0 saturated carbocycles. The predicted octanol–water partition coefficient (Wildman–Crippen LogP) is 1.48. The van der Waals surface area contributed by atoms with Crippen LogP contribution in [0.15, 0.2) is 0 Å². The smallest absolute Gasteiger partial charge is 0.316 e. The molecule has 0 aromatic rings. The molecule has 2 nitrogen and oxygen atoms in total. The van der Waals surface area contributed by atoms with Gasteiger partial charge in [-0.1, -0.05) is 6.92 Å². The van der Waals surface area contributed by atoms with Gasteiger partial charge in [0.25, 0.3) is 0 Å². The quantitative estimate of drug-likeness (QED) is 0.739. The summed E-state index contributed by atoms with van der Waals surface area (Å²) in [5, 5.41) is 3.06. The van der Waals surface area contributed by atoms with Gasteiger partial charge in [-0.15, -0.1) is 0 Å². The van der Waals surface area contributed by atoms with Crippen molar-refractivity contribution in [2.45, 2.75) is 19.5 Å². The topological polar surface area (TPSA) is 15.3 Å². The van der Waals surface area contributed by atoms with Crippen LogP contribution in [0.2, 0.25) is 0 Å². The highest BCUT2D eigenvalue weighted by atomic mass is 19.4. The van der Waals surface area contributed by atoms with E-state index in [1.807, 2.05) is 6.92 Å². The molecule has 0 atom stereocenters. The molecule has 1 rings (SSSR count). The van der Waals surface area contributed by atoms with Gasteiger partial charge < -0.3 is 5.32 Å². The summed E-state index contributed by atoms with van der Waals surface area (Å²) in [4.78, 5) is 1.51. The molecule has 0 radical (unpaired) electrons. The number of hydrogen-bond acceptors (Lipinski definition) is 2. The number of alkyl halides is 3. The molecular weight excluding hydrogens is 193 g/mol. The minimum absolute atomic E-state index is 0.406. The van der Waals surface area contributed by atoms with Crippen molar-refractivity contribution in [2.75, 3.05) is 32.7 Å². The Kier molecular flexibility index (Phi) is 4.19. The van der Waals surface area contributed by atoms with E-state index >= 15 is 0 Å². The molecule has 0 bridgehead atoms. The normalized spacial score (nSPS) is 18.6. The monoisotopic (exact) mass is 210 g/mol. The van der Waals surface area contributed by atoms with Crippen molar-refractivity contribution >= 4 is 0 Å². The summed E-state index contributed by atoms with van der Waals surface area (Å²) in [7, 11) is 0. The lowest BCUT2D eigenvalue weighted by Gasteiger charge is -2.33. The van der Waals surface area contributed by atoms with Crippen LogP contribution in [0.3, 0.4) is 0 Å². The Hall–Kier alpha value is -0.290. The number of rotatable bonds is 5. The van der Waals surface area contributed by atoms with Crippen molar-refractivity contribution in [1.29, 1.82) is 0 Å². The van der Waals surface area contributed by atoms with Crippen molar-refractivity contribution in [3.8, 4) is 0 Å². The molecule has 1 N–H and O–H groups in total. The summed E-state index contributed by atoms with van der Waals surface area (Å²) in [6.07, 6.45) is -3.29. The first kappa shape index (κ1) is 11.8. The predicted molar refractivity (Wildman–Crippen MR) is 49.1 cm³/mol. The minimum atomic E-state index is -4.06. The molecule has 0 amide bonds. The number of nitrogens with one attached hydrogen (secondary N) is 1. The Labute approximate surface area is 82.5 Å². The van der Waals surface area contributed by atoms with Crippen LogP contribution in [-0.4, -0.2) is 43.8 Å². The zero-order valence-corrected chi connectivity index (χ0v) is 8.40. The molecule has 14 heavy (non-hydrogen) atoms. The highest BCUT2D eigenvalue weighted by Crippen LogP contribution is 2.18. The first-order valence-electron chi connectivity index (χ1n) is 5.01. The van der Waals surface area contributed by atoms with Crippen LogP contribution in [0.1, 0.15) is 13.3 Å². The molecule has 84 valence electrons. The van der Waals surface area contributed by atoms with E-state index in [-0.39, 0.29) is 0 Å². The Bertz CT molecular complexity index is 166. The van der Waals surface area contributed by atoms with Gasteiger partial charge in [-0.25, -0.2) is 0 Å². The van der Waals surface area contributed by atoms with E-state index < -0.39 is 12.7 Å². The van der Waals surface area contributed by atoms with Crippen LogP contribution >= 0.6 is 0 Å². The molecule has 0 aliphatic carbocycles. The van der Waals surface area contributed by atoms with Gasteiger partial charge in [0.05, 0.1) is 6.54 Å². The van der Waals surface area contributed by atoms with Crippen molar-refractivity contribution in [3.05, 3.63) is 0 Å². The molecule has 1 saturated heterocycles. The molecule has 0 aromatic heterocycles. The van der Waals surface area contributed by atoms with Crippen LogP contribution in [0, 0.1) is 5.92 Å². The van der Waals surface area contributed by atoms with Crippen LogP contribution in [0.5, 0.6) is 0 Å². The fourth-order valence-electron chi connectivity index (χ4n) is 1.65. The molecule has 1 aliphatic rings. The average Bonchev–Trinajstić information content (AvgIpc) is 1.94. The maximum Gasteiger partial charge on any atom is 0.401 e. The highest BCUT2D eigenvalue weighted by molar-refractivity contribution is 4.78. The summed E-state index contributed by atoms with van der Waals surface area (Å²) in [5.41, 5.74) is 0. The van der Waals surface area contributed by atoms with E-state index in [0.717, 1.165) is 19.5 Å². The van der Waals surface area contributed by atoms with Crippen molar-refractivity contribution in [3.63, 3.8) is 0 Å². The van der Waals surface area contributed by atoms with Gasteiger partial charge in [-0.2, -0.15) is 13.2 Å². The number of nitrogens with zero attached hydrogens (tertiary/aromatic N) is 1. The third-order valence-electron chi connectivity index (χ3n) is 2.33. The van der Waals surface area contributed by atoms with E-state index in [1.165, 1.54) is 4.90 Å². The number of hydrogen-bond donors (Lipinski definition) is 1. The van der Waals surface area contributed by atoms with E-state index in [4.69, 9.17) is 0 Å². The SMILES string of the molecule is CCCN(CC1CNC1)CC(F)(F)F. The van der Waals surface area contributed by atoms with Crippen LogP contribution in [0.25, 0.3) is 0 Å². The largest absolute Gasteiger partial charge is 0.401 e. The highest BCUT2D eigenvalue weighted by Gasteiger charge is 2.32. The van der Waals surface area contributed by atoms with Crippen molar-refractivity contribution < 1.29 is 13.2 Å². The van der Waals surface area contributed by atoms with Gasteiger partial charge in [0, 0.05) is 19.6 Å². The standard InChI is InChI=1S/C9H17F3N2/c1-2-3-14(7-9(10,11)12)6-8-4-13-5-8/h8,13H,2-7H2,1H3. The van der Waals surface area contributed by atoms with Gasteiger partial charge in [-0.3, -0.25) is 4.90 Å². The molecule has 1 fully saturated rings. The van der Waals surface area contributed by atoms with Gasteiger partial charge in [-0.05, 0) is 18.9 Å². The third kappa shape index (κ3) is 4.28. The molecular formula is C9H17F3N2. The summed E-state index contributed by atoms with van der Waals surface area (Å²) in [5.74, 6) is 0.406. The van der Waals surface area contributed by atoms with E-state index in [1.54, 1.807) is 0 Å². The molecule has 0 unspecified atom stereocenters. The summed E-state index contributed by atoms with van der Waals surface area (Å²) in [6.45, 7) is 3.96. The van der Waals surface area contributed by atoms with Crippen molar-refractivity contribution in [2.24, 2.45) is 5.92 Å². The van der Waals surface area contributed by atoms with Gasteiger partial charge >= 0.3 is 6.18 Å². The van der Waals surface area contributed by atoms with Gasteiger partial charge in [0.1, 0.15) is 0 Å². The average molecular weight is 210 g/mol. The third-order valence-corrected chi connectivity index (χ3v) is 2.33. The van der Waals surface area contributed by atoms with E-state index in [9.17, 15) is 13.2 Å². The zero-order valence-electron chi connectivity index (χ0n) is 8.40. The fraction of sp³-hybridized carbons (Fsp3) is 1.00. The second-order valence-corrected chi connectivity index (χ2v) is 3.87. The van der Waals surface area contributed by atoms with Crippen molar-refractivity contribution in [1.82, 2.24) is 10.2 Å². The summed E-state index contributed by atoms with van der Waals surface area (Å²) < 4.78 is 36.4. The molecule has 5 heteroatoms. The fourth-order valence-corrected chi connectivity index (χ4v) is 1.65. The van der Waals surface area contributed by atoms with Gasteiger partial charge in [0.2, 0.25) is 0 Å². The molecule has 1 heterocycles. The first-order valence-corrected chi connectivity index (χ1v) is 5.01. The lowest BCUT2D eigenvalue weighted by Crippen LogP contribution is -2.49. The second-order valence-electron chi connectivity index (χ2n) is 3.87. The second kappa shape index (κ2) is 4.98. The first-order chi connectivity index (χ1) is 6.51. The Morgan fingerprint density at radius 2 is 2.00 bits per heavy atom. The van der Waals surface area contributed by atoms with Gasteiger partial charge in [0.15, 0.2) is 0 Å². The van der Waals surface area contributed by atoms with E-state index in [0.29, 0.717) is 19.0 Å². The minimum Gasteiger partial charge on any atom is -0.316 e. The van der Waals surface area contributed by atoms with Crippen LogP contribution < -0.4 is 5.32 Å². The summed E-state index contributed by atoms with van der Waals surface area (Å²) >= 11 is 0. The number of halogens is 3.